The number of carbonyl (C=O) groups is 2. The van der Waals surface area contributed by atoms with E-state index in [0.717, 1.165) is 21.4 Å². The lowest BCUT2D eigenvalue weighted by Crippen LogP contribution is -2.28. The predicted molar refractivity (Wildman–Crippen MR) is 170 cm³/mol. The van der Waals surface area contributed by atoms with Crippen LogP contribution in [0.25, 0.3) is 6.08 Å². The van der Waals surface area contributed by atoms with Crippen molar-refractivity contribution in [2.75, 3.05) is 16.8 Å². The van der Waals surface area contributed by atoms with Gasteiger partial charge in [0.15, 0.2) is 11.8 Å². The molecular weight excluding hydrogens is 654 g/mol. The molecule has 2 amide bonds. The summed E-state index contributed by atoms with van der Waals surface area (Å²) < 4.78 is 7.41. The zero-order chi connectivity index (χ0) is 28.1. The molecule has 0 bridgehead atoms. The Kier molecular flexibility index (Phi) is 8.84. The number of para-hydroxylation sites is 2. The van der Waals surface area contributed by atoms with Crippen molar-refractivity contribution in [3.63, 3.8) is 0 Å². The summed E-state index contributed by atoms with van der Waals surface area (Å²) in [7, 11) is 0. The van der Waals surface area contributed by atoms with Crippen molar-refractivity contribution in [3.8, 4) is 5.75 Å². The van der Waals surface area contributed by atoms with Gasteiger partial charge in [0.2, 0.25) is 0 Å². The first-order valence-corrected chi connectivity index (χ1v) is 14.7. The van der Waals surface area contributed by atoms with Crippen molar-refractivity contribution in [1.82, 2.24) is 0 Å². The predicted octanol–water partition coefficient (Wildman–Crippen LogP) is 8.35. The third-order valence-electron chi connectivity index (χ3n) is 5.77. The van der Waals surface area contributed by atoms with Gasteiger partial charge in [0.1, 0.15) is 5.75 Å². The number of anilines is 2. The van der Waals surface area contributed by atoms with Gasteiger partial charge in [-0.05, 0) is 94.8 Å². The molecule has 0 spiro atoms. The Morgan fingerprint density at radius 2 is 1.70 bits per heavy atom. The molecule has 1 heterocycles. The van der Waals surface area contributed by atoms with E-state index in [4.69, 9.17) is 9.73 Å². The molecule has 0 radical (unpaired) electrons. The van der Waals surface area contributed by atoms with E-state index in [1.54, 1.807) is 11.0 Å². The Hall–Kier alpha value is -3.66. The molecule has 200 valence electrons. The Morgan fingerprint density at radius 3 is 2.42 bits per heavy atom. The second kappa shape index (κ2) is 12.7. The number of nitrogens with zero attached hydrogens (tertiary/aromatic N) is 2. The van der Waals surface area contributed by atoms with Crippen LogP contribution in [0.1, 0.15) is 11.1 Å². The molecule has 4 aromatic rings. The van der Waals surface area contributed by atoms with Crippen molar-refractivity contribution in [2.24, 2.45) is 4.99 Å². The van der Waals surface area contributed by atoms with Crippen LogP contribution in [0.5, 0.6) is 5.75 Å². The highest BCUT2D eigenvalue weighted by Crippen LogP contribution is 2.40. The third kappa shape index (κ3) is 6.72. The summed E-state index contributed by atoms with van der Waals surface area (Å²) in [6.45, 7) is 1.75. The Labute approximate surface area is 253 Å². The molecule has 6 nitrogen and oxygen atoms in total. The number of thioether (sulfide) groups is 1. The summed E-state index contributed by atoms with van der Waals surface area (Å²) in [6, 6.07) is 30.2. The average molecular weight is 677 g/mol. The molecule has 9 heteroatoms. The molecule has 1 N–H and O–H groups in total. The molecule has 0 unspecified atom stereocenters. The van der Waals surface area contributed by atoms with E-state index in [0.29, 0.717) is 31.5 Å². The van der Waals surface area contributed by atoms with Crippen LogP contribution in [0.3, 0.4) is 0 Å². The van der Waals surface area contributed by atoms with E-state index in [2.05, 4.69) is 37.2 Å². The highest BCUT2D eigenvalue weighted by atomic mass is 79.9. The number of hydrogen-bond acceptors (Lipinski definition) is 5. The number of halogens is 2. The number of hydrogen-bond donors (Lipinski definition) is 1. The van der Waals surface area contributed by atoms with Crippen molar-refractivity contribution in [1.29, 1.82) is 0 Å². The number of carbonyl (C=O) groups excluding carboxylic acids is 2. The number of amidine groups is 1. The number of amides is 2. The van der Waals surface area contributed by atoms with Gasteiger partial charge in [0.25, 0.3) is 11.8 Å². The van der Waals surface area contributed by atoms with Gasteiger partial charge in [-0.1, -0.05) is 64.5 Å². The molecule has 1 fully saturated rings. The van der Waals surface area contributed by atoms with Crippen LogP contribution in [-0.2, 0) is 9.59 Å². The maximum Gasteiger partial charge on any atom is 0.271 e. The van der Waals surface area contributed by atoms with Gasteiger partial charge in [-0.3, -0.25) is 14.5 Å². The van der Waals surface area contributed by atoms with Crippen LogP contribution in [0.15, 0.2) is 116 Å². The number of ether oxygens (including phenoxy) is 1. The molecule has 4 aromatic carbocycles. The van der Waals surface area contributed by atoms with E-state index in [1.165, 1.54) is 11.8 Å². The fourth-order valence-corrected chi connectivity index (χ4v) is 6.37. The van der Waals surface area contributed by atoms with Gasteiger partial charge in [-0.25, -0.2) is 4.99 Å². The largest absolute Gasteiger partial charge is 0.482 e. The topological polar surface area (TPSA) is 71.0 Å². The molecule has 0 saturated carbocycles. The summed E-state index contributed by atoms with van der Waals surface area (Å²) in [5, 5.41) is 3.40. The minimum absolute atomic E-state index is 0.204. The van der Waals surface area contributed by atoms with Crippen LogP contribution in [0, 0.1) is 6.92 Å². The SMILES string of the molecule is Cc1cccc(NC(=O)COc2c(Br)cc(Br)cc2/C=C2\SC(=Nc3ccccc3)N(c3ccccc3)C2=O)c1. The van der Waals surface area contributed by atoms with Gasteiger partial charge >= 0.3 is 0 Å². The first-order chi connectivity index (χ1) is 19.4. The Morgan fingerprint density at radius 1 is 0.975 bits per heavy atom. The molecule has 0 aliphatic carbocycles. The normalized spacial score (nSPS) is 15.1. The lowest BCUT2D eigenvalue weighted by atomic mass is 10.1. The number of aliphatic imine (C=N–C) groups is 1. The Balaban J connectivity index is 1.45. The van der Waals surface area contributed by atoms with Crippen LogP contribution < -0.4 is 15.0 Å². The zero-order valence-corrected chi connectivity index (χ0v) is 25.3. The minimum Gasteiger partial charge on any atom is -0.482 e. The van der Waals surface area contributed by atoms with Crippen molar-refractivity contribution in [2.45, 2.75) is 6.92 Å². The van der Waals surface area contributed by atoms with E-state index >= 15 is 0 Å². The summed E-state index contributed by atoms with van der Waals surface area (Å²) in [6.07, 6.45) is 1.76. The summed E-state index contributed by atoms with van der Waals surface area (Å²) in [5.74, 6) is -0.0498. The van der Waals surface area contributed by atoms with E-state index in [-0.39, 0.29) is 18.4 Å². The molecule has 1 aliphatic rings. The number of aryl methyl sites for hydroxylation is 1. The van der Waals surface area contributed by atoms with Gasteiger partial charge in [0.05, 0.1) is 20.8 Å². The molecule has 0 atom stereocenters. The van der Waals surface area contributed by atoms with Crippen molar-refractivity contribution in [3.05, 3.63) is 122 Å². The van der Waals surface area contributed by atoms with E-state index in [9.17, 15) is 9.59 Å². The van der Waals surface area contributed by atoms with E-state index in [1.807, 2.05) is 104 Å². The highest BCUT2D eigenvalue weighted by Gasteiger charge is 2.35. The number of rotatable bonds is 7. The van der Waals surface area contributed by atoms with Crippen molar-refractivity contribution < 1.29 is 14.3 Å². The lowest BCUT2D eigenvalue weighted by molar-refractivity contribution is -0.118. The lowest BCUT2D eigenvalue weighted by Gasteiger charge is -2.15. The quantitative estimate of drug-likeness (QED) is 0.200. The van der Waals surface area contributed by atoms with Crippen molar-refractivity contribution >= 4 is 83.7 Å². The van der Waals surface area contributed by atoms with Crippen LogP contribution >= 0.6 is 43.6 Å². The maximum atomic E-state index is 13.7. The van der Waals surface area contributed by atoms with Gasteiger partial charge in [-0.2, -0.15) is 0 Å². The molecule has 1 aliphatic heterocycles. The smallest absolute Gasteiger partial charge is 0.271 e. The number of nitrogens with one attached hydrogen (secondary N) is 1. The second-order valence-corrected chi connectivity index (χ2v) is 11.6. The maximum absolute atomic E-state index is 13.7. The first kappa shape index (κ1) is 27.9. The van der Waals surface area contributed by atoms with Gasteiger partial charge in [0, 0.05) is 15.7 Å². The van der Waals surface area contributed by atoms with Crippen LogP contribution in [-0.4, -0.2) is 23.6 Å². The molecule has 40 heavy (non-hydrogen) atoms. The highest BCUT2D eigenvalue weighted by molar-refractivity contribution is 9.11. The number of benzene rings is 4. The fourth-order valence-electron chi connectivity index (χ4n) is 4.01. The summed E-state index contributed by atoms with van der Waals surface area (Å²) >= 11 is 8.36. The average Bonchev–Trinajstić information content (AvgIpc) is 3.23. The first-order valence-electron chi connectivity index (χ1n) is 12.3. The minimum atomic E-state index is -0.294. The van der Waals surface area contributed by atoms with E-state index < -0.39 is 0 Å². The summed E-state index contributed by atoms with van der Waals surface area (Å²) in [4.78, 5) is 33.2. The van der Waals surface area contributed by atoms with Gasteiger partial charge in [-0.15, -0.1) is 0 Å². The Bertz CT molecular complexity index is 1630. The summed E-state index contributed by atoms with van der Waals surface area (Å²) in [5.41, 5.74) is 3.84. The zero-order valence-electron chi connectivity index (χ0n) is 21.3. The fraction of sp³-hybridized carbons (Fsp3) is 0.0645. The molecule has 5 rings (SSSR count). The molecular formula is C31H23Br2N3O3S. The monoisotopic (exact) mass is 675 g/mol. The standard InChI is InChI=1S/C31H23Br2N3O3S/c1-20-9-8-12-24(15-20)34-28(37)19-39-29-21(16-22(32)18-26(29)33)17-27-30(38)36(25-13-6-3-7-14-25)31(40-27)35-23-10-4-2-5-11-23/h2-18H,19H2,1H3,(H,34,37)/b27-17-,35-31?. The molecule has 1 saturated heterocycles. The van der Waals surface area contributed by atoms with Crippen LogP contribution in [0.2, 0.25) is 0 Å². The molecule has 0 aromatic heterocycles. The second-order valence-electron chi connectivity index (χ2n) is 8.83. The third-order valence-corrected chi connectivity index (χ3v) is 7.79. The van der Waals surface area contributed by atoms with Gasteiger partial charge < -0.3 is 10.1 Å². The van der Waals surface area contributed by atoms with Crippen LogP contribution in [0.4, 0.5) is 17.1 Å².